The maximum atomic E-state index is 8.88. The van der Waals surface area contributed by atoms with E-state index in [2.05, 4.69) is 0 Å². The molecule has 0 fully saturated rings. The van der Waals surface area contributed by atoms with Gasteiger partial charge >= 0.3 is 7.82 Å². The van der Waals surface area contributed by atoms with E-state index in [-0.39, 0.29) is 45.8 Å². The zero-order valence-electron chi connectivity index (χ0n) is 4.70. The number of phosphoric acid groups is 1. The van der Waals surface area contributed by atoms with Crippen LogP contribution in [-0.2, 0) is 4.57 Å². The van der Waals surface area contributed by atoms with Crippen molar-refractivity contribution in [1.29, 1.82) is 0 Å². The van der Waals surface area contributed by atoms with Crippen LogP contribution in [0.4, 0.5) is 0 Å². The third kappa shape index (κ3) is 937. The Bertz CT molecular complexity index is 55.4. The molecule has 0 unspecified atom stereocenters. The van der Waals surface area contributed by atoms with Crippen LogP contribution in [0.25, 0.3) is 0 Å². The largest absolute Gasteiger partial charge is 0.466 e. The summed E-state index contributed by atoms with van der Waals surface area (Å²) >= 11 is 0. The van der Waals surface area contributed by atoms with Crippen LogP contribution in [0.5, 0.6) is 0 Å². The van der Waals surface area contributed by atoms with Gasteiger partial charge in [-0.15, -0.1) is 0 Å². The molecule has 0 atom stereocenters. The van der Waals surface area contributed by atoms with E-state index in [4.69, 9.17) is 19.2 Å². The van der Waals surface area contributed by atoms with Crippen molar-refractivity contribution in [3.8, 4) is 0 Å². The van der Waals surface area contributed by atoms with E-state index in [0.29, 0.717) is 0 Å². The summed E-state index contributed by atoms with van der Waals surface area (Å²) in [5.41, 5.74) is 0. The van der Waals surface area contributed by atoms with Gasteiger partial charge in [0.05, 0.1) is 0 Å². The van der Waals surface area contributed by atoms with E-state index in [1.54, 1.807) is 0 Å². The molecule has 68 valence electrons. The fourth-order valence-electron chi connectivity index (χ4n) is 0. The topological polar surface area (TPSA) is 204 Å². The maximum absolute atomic E-state index is 8.88. The molecule has 8 nitrogen and oxygen atoms in total. The fourth-order valence-corrected chi connectivity index (χ4v) is 0. The molecule has 11 N–H and O–H groups in total. The first-order chi connectivity index (χ1) is 2.00. The van der Waals surface area contributed by atoms with Crippen LogP contribution >= 0.6 is 7.82 Å². The van der Waals surface area contributed by atoms with E-state index in [0.717, 1.165) is 0 Å². The monoisotopic (exact) mass is 290 g/mol. The van der Waals surface area contributed by atoms with Gasteiger partial charge in [-0.25, -0.2) is 4.57 Å². The second-order valence-electron chi connectivity index (χ2n) is 0.513. The van der Waals surface area contributed by atoms with Crippen molar-refractivity contribution in [2.45, 2.75) is 0 Å². The van der Waals surface area contributed by atoms with Crippen molar-refractivity contribution in [2.24, 2.45) is 0 Å². The van der Waals surface area contributed by atoms with Crippen LogP contribution in [-0.4, -0.2) is 60.5 Å². The third-order valence-corrected chi connectivity index (χ3v) is 0. The van der Waals surface area contributed by atoms with E-state index < -0.39 is 7.82 Å². The van der Waals surface area contributed by atoms with Gasteiger partial charge in [0.2, 0.25) is 0 Å². The van der Waals surface area contributed by atoms with E-state index >= 15 is 0 Å². The predicted octanol–water partition coefficient (Wildman–Crippen LogP) is -4.61. The fraction of sp³-hybridized carbons (Fsp3) is 0. The average Bonchev–Trinajstić information content (AvgIpc) is 0.722. The molecule has 4 radical (unpaired) electrons. The van der Waals surface area contributed by atoms with Gasteiger partial charge in [0, 0.05) is 23.9 Å². The van der Waals surface area contributed by atoms with Gasteiger partial charge in [-0.2, -0.15) is 0 Å². The second kappa shape index (κ2) is 16.4. The quantitative estimate of drug-likeness (QED) is 0.297. The summed E-state index contributed by atoms with van der Waals surface area (Å²) in [6.45, 7) is 0. The Hall–Kier alpha value is 0.749. The minimum absolute atomic E-state index is 0. The van der Waals surface area contributed by atoms with Crippen LogP contribution in [0.3, 0.4) is 0 Å². The molecule has 0 spiro atoms. The first-order valence-electron chi connectivity index (χ1n) is 0.783. The Labute approximate surface area is 73.3 Å². The molecule has 0 aliphatic rings. The van der Waals surface area contributed by atoms with Gasteiger partial charge in [-0.3, -0.25) is 0 Å². The minimum Gasteiger partial charge on any atom is -0.412 e. The summed E-state index contributed by atoms with van der Waals surface area (Å²) < 4.78 is 8.88. The van der Waals surface area contributed by atoms with Crippen molar-refractivity contribution >= 4 is 31.7 Å². The van der Waals surface area contributed by atoms with Gasteiger partial charge in [0.25, 0.3) is 0 Å². The molecule has 0 aromatic rings. The van der Waals surface area contributed by atoms with Crippen LogP contribution < -0.4 is 0 Å². The van der Waals surface area contributed by atoms with Gasteiger partial charge in [-0.05, 0) is 0 Å². The summed E-state index contributed by atoms with van der Waals surface area (Å²) in [5, 5.41) is 0. The second-order valence-corrected chi connectivity index (χ2v) is 1.54. The molecule has 0 rings (SSSR count). The Morgan fingerprint density at radius 1 is 0.800 bits per heavy atom. The molecule has 10 heteroatoms. The summed E-state index contributed by atoms with van der Waals surface area (Å²) in [6.07, 6.45) is 0. The molecular weight excluding hydrogens is 278 g/mol. The Kier molecular flexibility index (Phi) is 74.2. The Morgan fingerprint density at radius 2 is 0.800 bits per heavy atom. The summed E-state index contributed by atoms with van der Waals surface area (Å²) in [6, 6.07) is 0. The van der Waals surface area contributed by atoms with Crippen molar-refractivity contribution in [2.75, 3.05) is 0 Å². The smallest absolute Gasteiger partial charge is 0.412 e. The minimum atomic E-state index is -4.64. The van der Waals surface area contributed by atoms with E-state index in [9.17, 15) is 0 Å². The predicted molar refractivity (Wildman–Crippen MR) is 34.5 cm³/mol. The molecule has 0 saturated carbocycles. The Morgan fingerprint density at radius 3 is 0.800 bits per heavy atom. The molecule has 0 aromatic carbocycles. The third-order valence-electron chi connectivity index (χ3n) is 0. The zero-order valence-corrected chi connectivity index (χ0v) is 8.45. The van der Waals surface area contributed by atoms with Crippen molar-refractivity contribution in [1.82, 2.24) is 0 Å². The van der Waals surface area contributed by atoms with Gasteiger partial charge in [0.1, 0.15) is 0 Å². The molecular formula is H11O8PSn. The molecule has 0 amide bonds. The van der Waals surface area contributed by atoms with Gasteiger partial charge < -0.3 is 36.6 Å². The zero-order chi connectivity index (χ0) is 4.50. The number of hydrogen-bond acceptors (Lipinski definition) is 1. The molecule has 0 bridgehead atoms. The van der Waals surface area contributed by atoms with Crippen LogP contribution in [0.15, 0.2) is 0 Å². The van der Waals surface area contributed by atoms with Crippen LogP contribution in [0, 0.1) is 0 Å². The van der Waals surface area contributed by atoms with Gasteiger partial charge in [0.15, 0.2) is 0 Å². The normalized spacial score (nSPS) is 5.90. The first-order valence-corrected chi connectivity index (χ1v) is 2.35. The molecule has 0 aliphatic carbocycles. The summed E-state index contributed by atoms with van der Waals surface area (Å²) in [7, 11) is -4.64. The summed E-state index contributed by atoms with van der Waals surface area (Å²) in [4.78, 5) is 21.6. The van der Waals surface area contributed by atoms with Crippen LogP contribution in [0.2, 0.25) is 0 Å². The SMILES string of the molecule is O.O.O.O.O=P(O)(O)O.[Sn]. The number of rotatable bonds is 0. The number of hydrogen-bond donors (Lipinski definition) is 3. The van der Waals surface area contributed by atoms with E-state index in [1.165, 1.54) is 0 Å². The van der Waals surface area contributed by atoms with E-state index in [1.807, 2.05) is 0 Å². The standard InChI is InChI=1S/H3O4P.4H2O.Sn/c1-5(2,3)4;;;;;/h(H3,1,2,3,4);4*1H2;. The molecule has 0 saturated heterocycles. The van der Waals surface area contributed by atoms with Crippen molar-refractivity contribution < 1.29 is 41.2 Å². The molecule has 0 heterocycles. The molecule has 0 aliphatic heterocycles. The Balaban J connectivity index is -0.00000000800. The maximum Gasteiger partial charge on any atom is 0.466 e. The average molecular weight is 289 g/mol. The summed E-state index contributed by atoms with van der Waals surface area (Å²) in [5.74, 6) is 0. The first kappa shape index (κ1) is 45.3. The van der Waals surface area contributed by atoms with Gasteiger partial charge in [-0.1, -0.05) is 0 Å². The van der Waals surface area contributed by atoms with Crippen LogP contribution in [0.1, 0.15) is 0 Å². The molecule has 10 heavy (non-hydrogen) atoms. The van der Waals surface area contributed by atoms with Crippen molar-refractivity contribution in [3.63, 3.8) is 0 Å². The van der Waals surface area contributed by atoms with Crippen molar-refractivity contribution in [3.05, 3.63) is 0 Å². The molecule has 0 aromatic heterocycles.